The lowest BCUT2D eigenvalue weighted by Gasteiger charge is -2.26. The molecule has 0 spiro atoms. The molecule has 1 aliphatic heterocycles. The number of likely N-dealkylation sites (N-methyl/N-ethyl adjacent to an activating group) is 1. The quantitative estimate of drug-likeness (QED) is 0.540. The van der Waals surface area contributed by atoms with E-state index in [2.05, 4.69) is 15.3 Å². The summed E-state index contributed by atoms with van der Waals surface area (Å²) in [6, 6.07) is 5.76. The van der Waals surface area contributed by atoms with Crippen LogP contribution in [0.2, 0.25) is 5.02 Å². The molecule has 1 N–H and O–H groups in total. The largest absolute Gasteiger partial charge is 0.454 e. The SMILES string of the molecule is CN(CC(=O)OCC(=O)Nc1ccc(Cl)c(S(=O)(=O)N2CCOCC2)c1)c1ncccn1. The molecule has 32 heavy (non-hydrogen) atoms. The first kappa shape index (κ1) is 23.9. The summed E-state index contributed by atoms with van der Waals surface area (Å²) in [5.74, 6) is -0.945. The molecule has 172 valence electrons. The first-order valence-corrected chi connectivity index (χ1v) is 11.4. The third kappa shape index (κ3) is 6.13. The van der Waals surface area contributed by atoms with Crippen molar-refractivity contribution in [3.63, 3.8) is 0 Å². The predicted octanol–water partition coefficient (Wildman–Crippen LogP) is 0.769. The lowest BCUT2D eigenvalue weighted by Crippen LogP contribution is -2.40. The molecular weight excluding hydrogens is 462 g/mol. The van der Waals surface area contributed by atoms with Crippen molar-refractivity contribution in [2.24, 2.45) is 0 Å². The van der Waals surface area contributed by atoms with E-state index in [1.54, 1.807) is 13.1 Å². The molecule has 0 radical (unpaired) electrons. The van der Waals surface area contributed by atoms with Gasteiger partial charge in [-0.1, -0.05) is 11.6 Å². The normalized spacial score (nSPS) is 14.6. The smallest absolute Gasteiger partial charge is 0.326 e. The minimum Gasteiger partial charge on any atom is -0.454 e. The fraction of sp³-hybridized carbons (Fsp3) is 0.368. The summed E-state index contributed by atoms with van der Waals surface area (Å²) in [6.07, 6.45) is 3.08. The summed E-state index contributed by atoms with van der Waals surface area (Å²) in [6.45, 7) is 0.326. The zero-order valence-corrected chi connectivity index (χ0v) is 18.8. The van der Waals surface area contributed by atoms with Crippen LogP contribution in [-0.4, -0.2) is 81.1 Å². The van der Waals surface area contributed by atoms with Crippen molar-refractivity contribution in [3.8, 4) is 0 Å². The van der Waals surface area contributed by atoms with Crippen LogP contribution in [0.25, 0.3) is 0 Å². The van der Waals surface area contributed by atoms with Crippen molar-refractivity contribution < 1.29 is 27.5 Å². The van der Waals surface area contributed by atoms with E-state index < -0.39 is 28.5 Å². The van der Waals surface area contributed by atoms with Gasteiger partial charge in [-0.05, 0) is 24.3 Å². The second-order valence-electron chi connectivity index (χ2n) is 6.78. The van der Waals surface area contributed by atoms with E-state index in [0.29, 0.717) is 19.2 Å². The molecule has 0 atom stereocenters. The minimum absolute atomic E-state index is 0.0343. The number of ether oxygens (including phenoxy) is 2. The van der Waals surface area contributed by atoms with Crippen LogP contribution in [0, 0.1) is 0 Å². The summed E-state index contributed by atoms with van der Waals surface area (Å²) in [4.78, 5) is 33.5. The van der Waals surface area contributed by atoms with E-state index in [1.165, 1.54) is 39.8 Å². The van der Waals surface area contributed by atoms with Gasteiger partial charge < -0.3 is 19.7 Å². The summed E-state index contributed by atoms with van der Waals surface area (Å²) >= 11 is 6.10. The molecule has 0 unspecified atom stereocenters. The Morgan fingerprint density at radius 3 is 2.62 bits per heavy atom. The minimum atomic E-state index is -3.85. The number of nitrogens with one attached hydrogen (secondary N) is 1. The summed E-state index contributed by atoms with van der Waals surface area (Å²) < 4.78 is 37.2. The van der Waals surface area contributed by atoms with E-state index in [4.69, 9.17) is 21.1 Å². The molecule has 2 aromatic rings. The van der Waals surface area contributed by atoms with Crippen LogP contribution in [0.1, 0.15) is 0 Å². The Balaban J connectivity index is 1.57. The Morgan fingerprint density at radius 1 is 1.25 bits per heavy atom. The molecule has 13 heteroatoms. The van der Waals surface area contributed by atoms with Crippen molar-refractivity contribution in [3.05, 3.63) is 41.7 Å². The van der Waals surface area contributed by atoms with Crippen LogP contribution in [-0.2, 0) is 29.1 Å². The van der Waals surface area contributed by atoms with E-state index in [1.807, 2.05) is 0 Å². The van der Waals surface area contributed by atoms with Crippen molar-refractivity contribution in [2.75, 3.05) is 56.7 Å². The maximum absolute atomic E-state index is 12.9. The predicted molar refractivity (Wildman–Crippen MR) is 116 cm³/mol. The first-order valence-electron chi connectivity index (χ1n) is 9.58. The van der Waals surface area contributed by atoms with Crippen molar-refractivity contribution in [1.82, 2.24) is 14.3 Å². The second kappa shape index (κ2) is 10.7. The number of hydrogen-bond donors (Lipinski definition) is 1. The molecular formula is C19H22ClN5O6S. The van der Waals surface area contributed by atoms with Gasteiger partial charge in [-0.15, -0.1) is 0 Å². The average molecular weight is 484 g/mol. The summed E-state index contributed by atoms with van der Waals surface area (Å²) in [5, 5.41) is 2.54. The molecule has 2 heterocycles. The zero-order chi connectivity index (χ0) is 23.1. The van der Waals surface area contributed by atoms with Crippen LogP contribution in [0.3, 0.4) is 0 Å². The highest BCUT2D eigenvalue weighted by Crippen LogP contribution is 2.28. The number of amides is 1. The fourth-order valence-electron chi connectivity index (χ4n) is 2.85. The molecule has 1 aromatic heterocycles. The molecule has 1 aliphatic rings. The Kier molecular flexibility index (Phi) is 7.96. The zero-order valence-electron chi connectivity index (χ0n) is 17.2. The van der Waals surface area contributed by atoms with Crippen LogP contribution >= 0.6 is 11.6 Å². The number of carbonyl (C=O) groups excluding carboxylic acids is 2. The van der Waals surface area contributed by atoms with Gasteiger partial charge in [-0.25, -0.2) is 18.4 Å². The monoisotopic (exact) mass is 483 g/mol. The highest BCUT2D eigenvalue weighted by Gasteiger charge is 2.28. The molecule has 0 aliphatic carbocycles. The Morgan fingerprint density at radius 2 is 1.94 bits per heavy atom. The molecule has 3 rings (SSSR count). The highest BCUT2D eigenvalue weighted by atomic mass is 35.5. The summed E-state index contributed by atoms with van der Waals surface area (Å²) in [7, 11) is -2.24. The van der Waals surface area contributed by atoms with Crippen LogP contribution in [0.4, 0.5) is 11.6 Å². The number of morpholine rings is 1. The van der Waals surface area contributed by atoms with Crippen LogP contribution in [0.5, 0.6) is 0 Å². The van der Waals surface area contributed by atoms with Gasteiger partial charge in [0, 0.05) is 38.2 Å². The lowest BCUT2D eigenvalue weighted by molar-refractivity contribution is -0.145. The number of rotatable bonds is 8. The molecule has 1 fully saturated rings. The standard InChI is InChI=1S/C19H22ClN5O6S/c1-24(19-21-5-2-6-22-19)12-18(27)31-13-17(26)23-14-3-4-15(20)16(11-14)32(28,29)25-7-9-30-10-8-25/h2-6,11H,7-10,12-13H2,1H3,(H,23,26). The molecule has 1 amide bonds. The van der Waals surface area contributed by atoms with Crippen LogP contribution in [0.15, 0.2) is 41.6 Å². The summed E-state index contributed by atoms with van der Waals surface area (Å²) in [5.41, 5.74) is 0.206. The van der Waals surface area contributed by atoms with Gasteiger partial charge in [0.25, 0.3) is 5.91 Å². The number of anilines is 2. The van der Waals surface area contributed by atoms with Gasteiger partial charge in [0.05, 0.1) is 18.2 Å². The topological polar surface area (TPSA) is 131 Å². The van der Waals surface area contributed by atoms with Gasteiger partial charge in [-0.3, -0.25) is 9.59 Å². The van der Waals surface area contributed by atoms with Crippen molar-refractivity contribution >= 4 is 45.1 Å². The second-order valence-corrected chi connectivity index (χ2v) is 9.09. The number of esters is 1. The average Bonchev–Trinajstić information content (AvgIpc) is 2.80. The van der Waals surface area contributed by atoms with Gasteiger partial charge in [0.15, 0.2) is 6.61 Å². The molecule has 11 nitrogen and oxygen atoms in total. The van der Waals surface area contributed by atoms with Crippen molar-refractivity contribution in [1.29, 1.82) is 0 Å². The number of benzene rings is 1. The van der Waals surface area contributed by atoms with E-state index >= 15 is 0 Å². The van der Waals surface area contributed by atoms with E-state index in [-0.39, 0.29) is 35.2 Å². The molecule has 0 bridgehead atoms. The number of carbonyl (C=O) groups is 2. The van der Waals surface area contributed by atoms with Gasteiger partial charge in [0.1, 0.15) is 11.4 Å². The maximum Gasteiger partial charge on any atom is 0.326 e. The van der Waals surface area contributed by atoms with E-state index in [9.17, 15) is 18.0 Å². The third-order valence-corrected chi connectivity index (χ3v) is 6.81. The maximum atomic E-state index is 12.9. The van der Waals surface area contributed by atoms with Gasteiger partial charge >= 0.3 is 5.97 Å². The molecule has 0 saturated carbocycles. The Hall–Kier alpha value is -2.80. The Bertz CT molecular complexity index is 1060. The number of nitrogens with zero attached hydrogens (tertiary/aromatic N) is 4. The highest BCUT2D eigenvalue weighted by molar-refractivity contribution is 7.89. The molecule has 1 saturated heterocycles. The van der Waals surface area contributed by atoms with E-state index in [0.717, 1.165) is 0 Å². The van der Waals surface area contributed by atoms with Gasteiger partial charge in [-0.2, -0.15) is 4.31 Å². The number of hydrogen-bond acceptors (Lipinski definition) is 9. The molecule has 1 aromatic carbocycles. The van der Waals surface area contributed by atoms with Crippen LogP contribution < -0.4 is 10.2 Å². The number of halogens is 1. The van der Waals surface area contributed by atoms with Gasteiger partial charge in [0.2, 0.25) is 16.0 Å². The third-order valence-electron chi connectivity index (χ3n) is 4.43. The number of sulfonamides is 1. The fourth-order valence-corrected chi connectivity index (χ4v) is 4.75. The lowest BCUT2D eigenvalue weighted by atomic mass is 10.3. The first-order chi connectivity index (χ1) is 15.3. The Labute approximate surface area is 190 Å². The number of aromatic nitrogens is 2. The van der Waals surface area contributed by atoms with Crippen molar-refractivity contribution in [2.45, 2.75) is 4.90 Å².